The van der Waals surface area contributed by atoms with Crippen molar-refractivity contribution in [2.45, 2.75) is 19.8 Å². The van der Waals surface area contributed by atoms with Crippen molar-refractivity contribution >= 4 is 22.4 Å². The lowest BCUT2D eigenvalue weighted by molar-refractivity contribution is 0.0590. The largest absolute Gasteiger partial charge is 0.464 e. The number of ether oxygens (including phenoxy) is 2. The Labute approximate surface area is 111 Å². The Morgan fingerprint density at radius 2 is 2.50 bits per heavy atom. The Kier molecular flexibility index (Phi) is 4.54. The molecule has 0 saturated carbocycles. The van der Waals surface area contributed by atoms with Crippen LogP contribution < -0.4 is 5.32 Å². The van der Waals surface area contributed by atoms with Gasteiger partial charge in [-0.2, -0.15) is 0 Å². The van der Waals surface area contributed by atoms with Crippen LogP contribution in [-0.4, -0.2) is 37.8 Å². The molecule has 0 amide bonds. The van der Waals surface area contributed by atoms with Gasteiger partial charge in [0.2, 0.25) is 0 Å². The summed E-state index contributed by atoms with van der Waals surface area (Å²) < 4.78 is 10.1. The second-order valence-electron chi connectivity index (χ2n) is 4.38. The first-order chi connectivity index (χ1) is 8.70. The topological polar surface area (TPSA) is 60.5 Å². The van der Waals surface area contributed by atoms with Gasteiger partial charge >= 0.3 is 5.97 Å². The number of hydrogen-bond donors (Lipinski definition) is 1. The maximum absolute atomic E-state index is 11.4. The highest BCUT2D eigenvalue weighted by Gasteiger charge is 2.17. The SMILES string of the molecule is COC(=O)c1nc(NCC2CCCOC2)sc1C. The van der Waals surface area contributed by atoms with Crippen LogP contribution in [0.5, 0.6) is 0 Å². The quantitative estimate of drug-likeness (QED) is 0.849. The Morgan fingerprint density at radius 1 is 1.67 bits per heavy atom. The van der Waals surface area contributed by atoms with E-state index in [1.165, 1.54) is 24.9 Å². The number of nitrogens with one attached hydrogen (secondary N) is 1. The molecule has 0 aromatic carbocycles. The van der Waals surface area contributed by atoms with E-state index in [1.54, 1.807) is 0 Å². The predicted molar refractivity (Wildman–Crippen MR) is 70.2 cm³/mol. The molecular formula is C12H18N2O3S. The Balaban J connectivity index is 1.91. The molecule has 1 unspecified atom stereocenters. The van der Waals surface area contributed by atoms with E-state index < -0.39 is 0 Å². The minimum atomic E-state index is -0.377. The number of esters is 1. The summed E-state index contributed by atoms with van der Waals surface area (Å²) in [7, 11) is 1.37. The molecule has 2 heterocycles. The van der Waals surface area contributed by atoms with Crippen molar-refractivity contribution < 1.29 is 14.3 Å². The number of carbonyl (C=O) groups excluding carboxylic acids is 1. The summed E-state index contributed by atoms with van der Waals surface area (Å²) in [5, 5.41) is 4.05. The average molecular weight is 270 g/mol. The highest BCUT2D eigenvalue weighted by atomic mass is 32.1. The van der Waals surface area contributed by atoms with Crippen molar-refractivity contribution in [2.24, 2.45) is 5.92 Å². The second kappa shape index (κ2) is 6.15. The lowest BCUT2D eigenvalue weighted by atomic mass is 10.0. The molecule has 2 rings (SSSR count). The number of aryl methyl sites for hydroxylation is 1. The zero-order valence-electron chi connectivity index (χ0n) is 10.7. The van der Waals surface area contributed by atoms with Gasteiger partial charge in [0.05, 0.1) is 13.7 Å². The van der Waals surface area contributed by atoms with Crippen LogP contribution in [0.3, 0.4) is 0 Å². The van der Waals surface area contributed by atoms with Crippen LogP contribution in [0.2, 0.25) is 0 Å². The van der Waals surface area contributed by atoms with E-state index in [9.17, 15) is 4.79 Å². The molecule has 0 aliphatic carbocycles. The van der Waals surface area contributed by atoms with Crippen LogP contribution in [0, 0.1) is 12.8 Å². The molecule has 0 radical (unpaired) electrons. The van der Waals surface area contributed by atoms with Crippen molar-refractivity contribution in [1.82, 2.24) is 4.98 Å². The summed E-state index contributed by atoms with van der Waals surface area (Å²) in [4.78, 5) is 16.6. The Bertz CT molecular complexity index is 413. The van der Waals surface area contributed by atoms with Gasteiger partial charge in [-0.1, -0.05) is 0 Å². The van der Waals surface area contributed by atoms with Crippen molar-refractivity contribution in [1.29, 1.82) is 0 Å². The fourth-order valence-corrected chi connectivity index (χ4v) is 2.77. The first kappa shape index (κ1) is 13.3. The molecule has 6 heteroatoms. The fraction of sp³-hybridized carbons (Fsp3) is 0.667. The van der Waals surface area contributed by atoms with Crippen LogP contribution in [0.15, 0.2) is 0 Å². The first-order valence-corrected chi connectivity index (χ1v) is 6.89. The first-order valence-electron chi connectivity index (χ1n) is 6.08. The van der Waals surface area contributed by atoms with Gasteiger partial charge in [-0.15, -0.1) is 11.3 Å². The molecule has 1 aromatic rings. The molecule has 0 spiro atoms. The van der Waals surface area contributed by atoms with Crippen LogP contribution in [0.4, 0.5) is 5.13 Å². The highest BCUT2D eigenvalue weighted by molar-refractivity contribution is 7.15. The third-order valence-corrected chi connectivity index (χ3v) is 3.90. The summed E-state index contributed by atoms with van der Waals surface area (Å²) in [6, 6.07) is 0. The number of rotatable bonds is 4. The van der Waals surface area contributed by atoms with Gasteiger partial charge in [0, 0.05) is 18.0 Å². The normalized spacial score (nSPS) is 19.6. The highest BCUT2D eigenvalue weighted by Crippen LogP contribution is 2.23. The van der Waals surface area contributed by atoms with Gasteiger partial charge in [-0.3, -0.25) is 0 Å². The molecule has 1 fully saturated rings. The summed E-state index contributed by atoms with van der Waals surface area (Å²) >= 11 is 1.48. The number of methoxy groups -OCH3 is 1. The van der Waals surface area contributed by atoms with E-state index in [4.69, 9.17) is 4.74 Å². The molecule has 1 aliphatic heterocycles. The number of carbonyl (C=O) groups is 1. The van der Waals surface area contributed by atoms with Crippen LogP contribution in [0.25, 0.3) is 0 Å². The van der Waals surface area contributed by atoms with E-state index >= 15 is 0 Å². The zero-order chi connectivity index (χ0) is 13.0. The monoisotopic (exact) mass is 270 g/mol. The number of anilines is 1. The third kappa shape index (κ3) is 3.20. The van der Waals surface area contributed by atoms with Crippen LogP contribution >= 0.6 is 11.3 Å². The maximum Gasteiger partial charge on any atom is 0.357 e. The molecular weight excluding hydrogens is 252 g/mol. The number of thiazole rings is 1. The van der Waals surface area contributed by atoms with Gasteiger partial charge in [-0.05, 0) is 25.7 Å². The molecule has 1 N–H and O–H groups in total. The van der Waals surface area contributed by atoms with Gasteiger partial charge in [-0.25, -0.2) is 9.78 Å². The van der Waals surface area contributed by atoms with Gasteiger partial charge in [0.25, 0.3) is 0 Å². The van der Waals surface area contributed by atoms with E-state index in [1.807, 2.05) is 6.92 Å². The van der Waals surface area contributed by atoms with Crippen LogP contribution in [-0.2, 0) is 9.47 Å². The van der Waals surface area contributed by atoms with Crippen molar-refractivity contribution in [3.8, 4) is 0 Å². The molecule has 5 nitrogen and oxygen atoms in total. The fourth-order valence-electron chi connectivity index (χ4n) is 1.96. The molecule has 18 heavy (non-hydrogen) atoms. The number of aromatic nitrogens is 1. The lowest BCUT2D eigenvalue weighted by Gasteiger charge is -2.21. The Morgan fingerprint density at radius 3 is 3.17 bits per heavy atom. The van der Waals surface area contributed by atoms with E-state index in [0.717, 1.165) is 36.2 Å². The summed E-state index contributed by atoms with van der Waals surface area (Å²) in [5.74, 6) is 0.155. The smallest absolute Gasteiger partial charge is 0.357 e. The van der Waals surface area contributed by atoms with Gasteiger partial charge in [0.15, 0.2) is 10.8 Å². The van der Waals surface area contributed by atoms with Gasteiger partial charge < -0.3 is 14.8 Å². The second-order valence-corrected chi connectivity index (χ2v) is 5.58. The maximum atomic E-state index is 11.4. The summed E-state index contributed by atoms with van der Waals surface area (Å²) in [5.41, 5.74) is 0.407. The molecule has 1 aliphatic rings. The summed E-state index contributed by atoms with van der Waals surface area (Å²) in [6.45, 7) is 4.40. The lowest BCUT2D eigenvalue weighted by Crippen LogP contribution is -2.24. The Hall–Kier alpha value is -1.14. The summed E-state index contributed by atoms with van der Waals surface area (Å²) in [6.07, 6.45) is 2.30. The molecule has 1 saturated heterocycles. The molecule has 100 valence electrons. The average Bonchev–Trinajstić information content (AvgIpc) is 2.78. The minimum Gasteiger partial charge on any atom is -0.464 e. The van der Waals surface area contributed by atoms with Crippen molar-refractivity contribution in [2.75, 3.05) is 32.2 Å². The van der Waals surface area contributed by atoms with E-state index in [0.29, 0.717) is 11.6 Å². The van der Waals surface area contributed by atoms with Gasteiger partial charge in [0.1, 0.15) is 0 Å². The third-order valence-electron chi connectivity index (χ3n) is 2.97. The van der Waals surface area contributed by atoms with E-state index in [-0.39, 0.29) is 5.97 Å². The van der Waals surface area contributed by atoms with Crippen molar-refractivity contribution in [3.05, 3.63) is 10.6 Å². The molecule has 1 atom stereocenters. The predicted octanol–water partition coefficient (Wildman–Crippen LogP) is 2.08. The zero-order valence-corrected chi connectivity index (χ0v) is 11.5. The number of hydrogen-bond acceptors (Lipinski definition) is 6. The standard InChI is InChI=1S/C12H18N2O3S/c1-8-10(11(15)16-2)14-12(18-8)13-6-9-4-3-5-17-7-9/h9H,3-7H2,1-2H3,(H,13,14). The van der Waals surface area contributed by atoms with E-state index in [2.05, 4.69) is 15.0 Å². The van der Waals surface area contributed by atoms with Crippen molar-refractivity contribution in [3.63, 3.8) is 0 Å². The molecule has 0 bridgehead atoms. The minimum absolute atomic E-state index is 0.377. The molecule has 1 aromatic heterocycles. The van der Waals surface area contributed by atoms with Crippen LogP contribution in [0.1, 0.15) is 28.2 Å². The number of nitrogens with zero attached hydrogens (tertiary/aromatic N) is 1.